The van der Waals surface area contributed by atoms with Crippen LogP contribution in [0.2, 0.25) is 5.02 Å². The standard InChI is InChI=1S/C16H23ClN2O3S/c1-12-5-4-6-13(2)19(12)16(20)11-18(3)23(21,22)15-9-7-14(17)8-10-15/h7-10,12-13H,4-6,11H2,1-3H3/t12-,13+. The second-order valence-corrected chi connectivity index (χ2v) is 8.63. The summed E-state index contributed by atoms with van der Waals surface area (Å²) in [5.74, 6) is -0.148. The van der Waals surface area contributed by atoms with Gasteiger partial charge in [0, 0.05) is 24.2 Å². The fourth-order valence-electron chi connectivity index (χ4n) is 3.06. The average Bonchev–Trinajstić information content (AvgIpc) is 2.47. The first-order valence-electron chi connectivity index (χ1n) is 7.76. The number of likely N-dealkylation sites (tertiary alicyclic amines) is 1. The summed E-state index contributed by atoms with van der Waals surface area (Å²) in [5.41, 5.74) is 0. The highest BCUT2D eigenvalue weighted by Crippen LogP contribution is 2.23. The molecule has 0 unspecified atom stereocenters. The molecule has 1 fully saturated rings. The third-order valence-corrected chi connectivity index (χ3v) is 6.43. The van der Waals surface area contributed by atoms with Crippen LogP contribution in [-0.4, -0.2) is 49.2 Å². The Morgan fingerprint density at radius 1 is 1.22 bits per heavy atom. The first-order chi connectivity index (χ1) is 10.7. The van der Waals surface area contributed by atoms with E-state index in [1.165, 1.54) is 31.3 Å². The van der Waals surface area contributed by atoms with E-state index in [1.54, 1.807) is 0 Å². The maximum absolute atomic E-state index is 12.6. The minimum atomic E-state index is -3.70. The van der Waals surface area contributed by atoms with Crippen LogP contribution in [0.4, 0.5) is 0 Å². The molecule has 1 aliphatic rings. The van der Waals surface area contributed by atoms with E-state index in [9.17, 15) is 13.2 Å². The lowest BCUT2D eigenvalue weighted by Gasteiger charge is -2.39. The Bertz CT molecular complexity index is 650. The van der Waals surface area contributed by atoms with Crippen LogP contribution in [0.3, 0.4) is 0 Å². The molecule has 0 saturated carbocycles. The summed E-state index contributed by atoms with van der Waals surface area (Å²) in [6, 6.07) is 6.25. The number of sulfonamides is 1. The molecule has 0 N–H and O–H groups in total. The number of carbonyl (C=O) groups excluding carboxylic acids is 1. The molecule has 2 rings (SSSR count). The first-order valence-corrected chi connectivity index (χ1v) is 9.58. The van der Waals surface area contributed by atoms with Crippen LogP contribution < -0.4 is 0 Å². The lowest BCUT2D eigenvalue weighted by molar-refractivity contribution is -0.137. The van der Waals surface area contributed by atoms with Crippen molar-refractivity contribution in [1.82, 2.24) is 9.21 Å². The molecule has 7 heteroatoms. The Morgan fingerprint density at radius 2 is 1.74 bits per heavy atom. The summed E-state index contributed by atoms with van der Waals surface area (Å²) < 4.78 is 26.2. The van der Waals surface area contributed by atoms with E-state index in [0.29, 0.717) is 5.02 Å². The molecular weight excluding hydrogens is 336 g/mol. The van der Waals surface area contributed by atoms with E-state index in [-0.39, 0.29) is 29.4 Å². The van der Waals surface area contributed by atoms with Crippen molar-refractivity contribution in [2.75, 3.05) is 13.6 Å². The fourth-order valence-corrected chi connectivity index (χ4v) is 4.30. The number of halogens is 1. The maximum atomic E-state index is 12.6. The second kappa shape index (κ2) is 7.20. The Labute approximate surface area is 143 Å². The number of hydrogen-bond acceptors (Lipinski definition) is 3. The van der Waals surface area contributed by atoms with E-state index in [2.05, 4.69) is 0 Å². The topological polar surface area (TPSA) is 57.7 Å². The Balaban J connectivity index is 2.12. The van der Waals surface area contributed by atoms with Crippen molar-refractivity contribution in [3.05, 3.63) is 29.3 Å². The van der Waals surface area contributed by atoms with Crippen molar-refractivity contribution in [3.8, 4) is 0 Å². The number of carbonyl (C=O) groups is 1. The quantitative estimate of drug-likeness (QED) is 0.831. The maximum Gasteiger partial charge on any atom is 0.243 e. The number of rotatable bonds is 4. The molecule has 0 radical (unpaired) electrons. The van der Waals surface area contributed by atoms with Gasteiger partial charge in [-0.3, -0.25) is 4.79 Å². The van der Waals surface area contributed by atoms with Gasteiger partial charge in [-0.1, -0.05) is 11.6 Å². The molecule has 0 spiro atoms. The molecule has 1 aliphatic heterocycles. The lowest BCUT2D eigenvalue weighted by atomic mass is 9.97. The van der Waals surface area contributed by atoms with Crippen LogP contribution in [0, 0.1) is 0 Å². The van der Waals surface area contributed by atoms with Crippen molar-refractivity contribution >= 4 is 27.5 Å². The first kappa shape index (κ1) is 18.2. The van der Waals surface area contributed by atoms with Gasteiger partial charge in [0.1, 0.15) is 0 Å². The molecule has 5 nitrogen and oxygen atoms in total. The molecule has 1 aromatic rings. The van der Waals surface area contributed by atoms with Gasteiger partial charge in [0.25, 0.3) is 0 Å². The minimum absolute atomic E-state index is 0.136. The highest BCUT2D eigenvalue weighted by atomic mass is 35.5. The van der Waals surface area contributed by atoms with Crippen molar-refractivity contribution in [3.63, 3.8) is 0 Å². The lowest BCUT2D eigenvalue weighted by Crippen LogP contribution is -2.51. The summed E-state index contributed by atoms with van der Waals surface area (Å²) >= 11 is 5.79. The summed E-state index contributed by atoms with van der Waals surface area (Å²) in [4.78, 5) is 14.5. The van der Waals surface area contributed by atoms with E-state index >= 15 is 0 Å². The summed E-state index contributed by atoms with van der Waals surface area (Å²) in [7, 11) is -2.27. The highest BCUT2D eigenvalue weighted by molar-refractivity contribution is 7.89. The zero-order chi connectivity index (χ0) is 17.2. The average molecular weight is 359 g/mol. The number of likely N-dealkylation sites (N-methyl/N-ethyl adjacent to an activating group) is 1. The molecule has 0 bridgehead atoms. The molecule has 23 heavy (non-hydrogen) atoms. The third-order valence-electron chi connectivity index (χ3n) is 4.36. The molecule has 0 aromatic heterocycles. The number of hydrogen-bond donors (Lipinski definition) is 0. The van der Waals surface area contributed by atoms with Crippen molar-refractivity contribution in [2.24, 2.45) is 0 Å². The van der Waals surface area contributed by atoms with Crippen LogP contribution in [-0.2, 0) is 14.8 Å². The number of amides is 1. The van der Waals surface area contributed by atoms with Crippen molar-refractivity contribution in [2.45, 2.75) is 50.1 Å². The highest BCUT2D eigenvalue weighted by Gasteiger charge is 2.31. The number of benzene rings is 1. The Hall–Kier alpha value is -1.11. The van der Waals surface area contributed by atoms with Gasteiger partial charge < -0.3 is 4.90 Å². The van der Waals surface area contributed by atoms with E-state index in [1.807, 2.05) is 18.7 Å². The molecular formula is C16H23ClN2O3S. The van der Waals surface area contributed by atoms with Gasteiger partial charge in [0.05, 0.1) is 11.4 Å². The molecule has 0 aliphatic carbocycles. The van der Waals surface area contributed by atoms with Crippen LogP contribution >= 0.6 is 11.6 Å². The summed E-state index contributed by atoms with van der Waals surface area (Å²) in [6.07, 6.45) is 3.03. The predicted molar refractivity (Wildman–Crippen MR) is 90.9 cm³/mol. The van der Waals surface area contributed by atoms with Gasteiger partial charge in [0.15, 0.2) is 0 Å². The SMILES string of the molecule is C[C@@H]1CCC[C@H](C)N1C(=O)CN(C)S(=O)(=O)c1ccc(Cl)cc1. The van der Waals surface area contributed by atoms with Crippen LogP contribution in [0.1, 0.15) is 33.1 Å². The van der Waals surface area contributed by atoms with E-state index in [0.717, 1.165) is 23.6 Å². The van der Waals surface area contributed by atoms with Gasteiger partial charge in [-0.2, -0.15) is 4.31 Å². The van der Waals surface area contributed by atoms with Crippen LogP contribution in [0.5, 0.6) is 0 Å². The van der Waals surface area contributed by atoms with Gasteiger partial charge >= 0.3 is 0 Å². The monoisotopic (exact) mass is 358 g/mol. The zero-order valence-electron chi connectivity index (χ0n) is 13.7. The normalized spacial score (nSPS) is 22.4. The van der Waals surface area contributed by atoms with E-state index < -0.39 is 10.0 Å². The Morgan fingerprint density at radius 3 is 2.26 bits per heavy atom. The third kappa shape index (κ3) is 4.05. The van der Waals surface area contributed by atoms with Gasteiger partial charge in [-0.05, 0) is 57.4 Å². The van der Waals surface area contributed by atoms with Gasteiger partial charge in [-0.15, -0.1) is 0 Å². The molecule has 1 heterocycles. The largest absolute Gasteiger partial charge is 0.336 e. The molecule has 2 atom stereocenters. The summed E-state index contributed by atoms with van der Waals surface area (Å²) in [6.45, 7) is 3.88. The molecule has 1 aromatic carbocycles. The number of piperidine rings is 1. The summed E-state index contributed by atoms with van der Waals surface area (Å²) in [5, 5.41) is 0.471. The Kier molecular flexibility index (Phi) is 5.70. The fraction of sp³-hybridized carbons (Fsp3) is 0.562. The van der Waals surface area contributed by atoms with Crippen molar-refractivity contribution in [1.29, 1.82) is 0 Å². The second-order valence-electron chi connectivity index (χ2n) is 6.14. The number of nitrogens with zero attached hydrogens (tertiary/aromatic N) is 2. The predicted octanol–water partition coefficient (Wildman–Crippen LogP) is 2.75. The zero-order valence-corrected chi connectivity index (χ0v) is 15.3. The molecule has 128 valence electrons. The molecule has 1 amide bonds. The van der Waals surface area contributed by atoms with Gasteiger partial charge in [0.2, 0.25) is 15.9 Å². The molecule has 1 saturated heterocycles. The van der Waals surface area contributed by atoms with Gasteiger partial charge in [-0.25, -0.2) is 8.42 Å². The van der Waals surface area contributed by atoms with Crippen molar-refractivity contribution < 1.29 is 13.2 Å². The smallest absolute Gasteiger partial charge is 0.243 e. The minimum Gasteiger partial charge on any atom is -0.336 e. The van der Waals surface area contributed by atoms with Crippen LogP contribution in [0.15, 0.2) is 29.2 Å². The van der Waals surface area contributed by atoms with Crippen LogP contribution in [0.25, 0.3) is 0 Å². The van der Waals surface area contributed by atoms with E-state index in [4.69, 9.17) is 11.6 Å².